The predicted molar refractivity (Wildman–Crippen MR) is 103 cm³/mol. The largest absolute Gasteiger partial charge is 0.497 e. The molecule has 0 amide bonds. The number of hydrogen-bond acceptors (Lipinski definition) is 7. The summed E-state index contributed by atoms with van der Waals surface area (Å²) in [5.74, 6) is 1.66. The third-order valence-corrected chi connectivity index (χ3v) is 4.80. The highest BCUT2D eigenvalue weighted by molar-refractivity contribution is 5.68. The first-order chi connectivity index (χ1) is 13.2. The molecule has 3 aromatic rings. The lowest BCUT2D eigenvalue weighted by Gasteiger charge is -2.35. The number of benzene rings is 1. The van der Waals surface area contributed by atoms with Gasteiger partial charge in [0.05, 0.1) is 18.5 Å². The van der Waals surface area contributed by atoms with Crippen LogP contribution < -0.4 is 14.4 Å². The van der Waals surface area contributed by atoms with Crippen molar-refractivity contribution in [3.05, 3.63) is 42.4 Å². The van der Waals surface area contributed by atoms with E-state index in [2.05, 4.69) is 31.2 Å². The quantitative estimate of drug-likeness (QED) is 0.655. The summed E-state index contributed by atoms with van der Waals surface area (Å²) in [6, 6.07) is 9.81. The summed E-state index contributed by atoms with van der Waals surface area (Å²) in [6.45, 7) is 7.44. The fraction of sp³-hybridized carbons (Fsp3) is 0.421. The van der Waals surface area contributed by atoms with Crippen LogP contribution in [0.2, 0.25) is 0 Å². The number of nitrogens with zero attached hydrogens (tertiary/aromatic N) is 6. The summed E-state index contributed by atoms with van der Waals surface area (Å²) in [5.41, 5.74) is 2.88. The first kappa shape index (κ1) is 17.5. The molecule has 3 heterocycles. The summed E-state index contributed by atoms with van der Waals surface area (Å²) >= 11 is 0. The predicted octanol–water partition coefficient (Wildman–Crippen LogP) is 1.64. The number of methoxy groups -OCH3 is 1. The molecule has 0 radical (unpaired) electrons. The molecule has 1 aromatic carbocycles. The first-order valence-electron chi connectivity index (χ1n) is 9.15. The minimum Gasteiger partial charge on any atom is -0.497 e. The maximum Gasteiger partial charge on any atom is 0.200 e. The van der Waals surface area contributed by atoms with E-state index in [9.17, 15) is 0 Å². The fourth-order valence-electron chi connectivity index (χ4n) is 3.36. The Bertz CT molecular complexity index is 904. The van der Waals surface area contributed by atoms with E-state index in [1.165, 1.54) is 0 Å². The summed E-state index contributed by atoms with van der Waals surface area (Å²) in [4.78, 5) is 4.78. The van der Waals surface area contributed by atoms with Gasteiger partial charge in [-0.3, -0.25) is 4.90 Å². The van der Waals surface area contributed by atoms with Crippen LogP contribution in [0.1, 0.15) is 5.69 Å². The Morgan fingerprint density at radius 1 is 1.07 bits per heavy atom. The van der Waals surface area contributed by atoms with Gasteiger partial charge in [0.25, 0.3) is 0 Å². The second kappa shape index (κ2) is 7.79. The minimum absolute atomic E-state index is 0.663. The maximum atomic E-state index is 5.86. The van der Waals surface area contributed by atoms with Gasteiger partial charge in [0.15, 0.2) is 0 Å². The van der Waals surface area contributed by atoms with Gasteiger partial charge >= 0.3 is 0 Å². The molecule has 0 atom stereocenters. The van der Waals surface area contributed by atoms with Crippen LogP contribution >= 0.6 is 0 Å². The number of ether oxygens (including phenoxy) is 2. The summed E-state index contributed by atoms with van der Waals surface area (Å²) < 4.78 is 12.8. The molecule has 0 saturated carbocycles. The minimum atomic E-state index is 0.663. The summed E-state index contributed by atoms with van der Waals surface area (Å²) in [7, 11) is 1.66. The molecule has 27 heavy (non-hydrogen) atoms. The van der Waals surface area contributed by atoms with Crippen LogP contribution in [-0.2, 0) is 0 Å². The van der Waals surface area contributed by atoms with Gasteiger partial charge in [-0.15, -0.1) is 10.2 Å². The van der Waals surface area contributed by atoms with Crippen molar-refractivity contribution in [3.63, 3.8) is 0 Å². The number of aryl methyl sites for hydroxylation is 1. The molecule has 1 aliphatic heterocycles. The standard InChI is InChI=1S/C19H24N6O2/c1-15-12-18(19-21-20-14-25(19)22-15)24-8-6-23(7-9-24)10-11-27-17-5-3-4-16(13-17)26-2/h3-5,12-14H,6-11H2,1-2H3. The molecule has 0 aliphatic carbocycles. The second-order valence-electron chi connectivity index (χ2n) is 6.63. The maximum absolute atomic E-state index is 5.86. The highest BCUT2D eigenvalue weighted by atomic mass is 16.5. The van der Waals surface area contributed by atoms with Crippen LogP contribution in [-0.4, -0.2) is 71.2 Å². The van der Waals surface area contributed by atoms with E-state index in [0.29, 0.717) is 6.61 Å². The number of rotatable bonds is 6. The molecule has 2 aromatic heterocycles. The zero-order chi connectivity index (χ0) is 18.6. The molecule has 142 valence electrons. The van der Waals surface area contributed by atoms with E-state index in [-0.39, 0.29) is 0 Å². The SMILES string of the molecule is COc1cccc(OCCN2CCN(c3cc(C)nn4cnnc34)CC2)c1. The highest BCUT2D eigenvalue weighted by Crippen LogP contribution is 2.22. The van der Waals surface area contributed by atoms with Gasteiger partial charge in [-0.25, -0.2) is 0 Å². The first-order valence-corrected chi connectivity index (χ1v) is 9.15. The van der Waals surface area contributed by atoms with Crippen molar-refractivity contribution in [3.8, 4) is 11.5 Å². The van der Waals surface area contributed by atoms with Crippen LogP contribution in [0.3, 0.4) is 0 Å². The molecule has 1 saturated heterocycles. The average Bonchev–Trinajstić information content (AvgIpc) is 3.16. The number of piperazine rings is 1. The van der Waals surface area contributed by atoms with Gasteiger partial charge in [-0.2, -0.15) is 9.61 Å². The van der Waals surface area contributed by atoms with E-state index in [1.54, 1.807) is 18.0 Å². The lowest BCUT2D eigenvalue weighted by molar-refractivity contribution is 0.200. The molecule has 0 N–H and O–H groups in total. The van der Waals surface area contributed by atoms with Crippen molar-refractivity contribution in [2.75, 3.05) is 51.3 Å². The van der Waals surface area contributed by atoms with Crippen molar-refractivity contribution in [1.29, 1.82) is 0 Å². The van der Waals surface area contributed by atoms with E-state index in [0.717, 1.165) is 61.3 Å². The molecule has 0 bridgehead atoms. The van der Waals surface area contributed by atoms with E-state index in [4.69, 9.17) is 9.47 Å². The van der Waals surface area contributed by atoms with E-state index < -0.39 is 0 Å². The molecule has 1 aliphatic rings. The number of aromatic nitrogens is 4. The normalized spacial score (nSPS) is 15.3. The molecule has 1 fully saturated rings. The number of fused-ring (bicyclic) bond motifs is 1. The van der Waals surface area contributed by atoms with Gasteiger partial charge in [0.2, 0.25) is 5.65 Å². The zero-order valence-corrected chi connectivity index (χ0v) is 15.7. The van der Waals surface area contributed by atoms with Crippen LogP contribution in [0, 0.1) is 6.92 Å². The van der Waals surface area contributed by atoms with Crippen molar-refractivity contribution in [2.45, 2.75) is 6.92 Å². The van der Waals surface area contributed by atoms with Gasteiger partial charge in [0.1, 0.15) is 24.4 Å². The Balaban J connectivity index is 1.30. The fourth-order valence-corrected chi connectivity index (χ4v) is 3.36. The molecule has 4 rings (SSSR count). The van der Waals surface area contributed by atoms with Gasteiger partial charge < -0.3 is 14.4 Å². The lowest BCUT2D eigenvalue weighted by Crippen LogP contribution is -2.47. The third kappa shape index (κ3) is 3.95. The van der Waals surface area contributed by atoms with E-state index >= 15 is 0 Å². The van der Waals surface area contributed by atoms with Crippen molar-refractivity contribution < 1.29 is 9.47 Å². The molecular weight excluding hydrogens is 344 g/mol. The van der Waals surface area contributed by atoms with Crippen LogP contribution in [0.25, 0.3) is 5.65 Å². The summed E-state index contributed by atoms with van der Waals surface area (Å²) in [6.07, 6.45) is 1.65. The molecule has 8 nitrogen and oxygen atoms in total. The average molecular weight is 368 g/mol. The Morgan fingerprint density at radius 3 is 2.70 bits per heavy atom. The van der Waals surface area contributed by atoms with E-state index in [1.807, 2.05) is 31.2 Å². The van der Waals surface area contributed by atoms with Crippen molar-refractivity contribution in [1.82, 2.24) is 24.7 Å². The van der Waals surface area contributed by atoms with Crippen LogP contribution in [0.4, 0.5) is 5.69 Å². The second-order valence-corrected chi connectivity index (χ2v) is 6.63. The third-order valence-electron chi connectivity index (χ3n) is 4.80. The topological polar surface area (TPSA) is 68.0 Å². The Labute approximate surface area is 158 Å². The molecule has 0 unspecified atom stereocenters. The number of anilines is 1. The van der Waals surface area contributed by atoms with Gasteiger partial charge in [-0.05, 0) is 25.1 Å². The number of hydrogen-bond donors (Lipinski definition) is 0. The zero-order valence-electron chi connectivity index (χ0n) is 15.7. The molecule has 0 spiro atoms. The van der Waals surface area contributed by atoms with Crippen molar-refractivity contribution >= 4 is 11.3 Å². The monoisotopic (exact) mass is 368 g/mol. The summed E-state index contributed by atoms with van der Waals surface area (Å²) in [5, 5.41) is 12.6. The van der Waals surface area contributed by atoms with Crippen molar-refractivity contribution in [2.24, 2.45) is 0 Å². The molecular formula is C19H24N6O2. The van der Waals surface area contributed by atoms with Crippen LogP contribution in [0.5, 0.6) is 11.5 Å². The Kier molecular flexibility index (Phi) is 5.06. The van der Waals surface area contributed by atoms with Crippen LogP contribution in [0.15, 0.2) is 36.7 Å². The van der Waals surface area contributed by atoms with Gasteiger partial charge in [-0.1, -0.05) is 6.07 Å². The molecule has 8 heteroatoms. The Morgan fingerprint density at radius 2 is 1.89 bits per heavy atom. The smallest absolute Gasteiger partial charge is 0.200 e. The lowest BCUT2D eigenvalue weighted by atomic mass is 10.2. The van der Waals surface area contributed by atoms with Gasteiger partial charge in [0, 0.05) is 38.8 Å². The Hall–Kier alpha value is -2.87. The highest BCUT2D eigenvalue weighted by Gasteiger charge is 2.20.